The lowest BCUT2D eigenvalue weighted by molar-refractivity contribution is 0.570. The molecule has 2 N–H and O–H groups in total. The van der Waals surface area contributed by atoms with Crippen LogP contribution in [0, 0.1) is 5.82 Å². The van der Waals surface area contributed by atoms with E-state index in [-0.39, 0.29) is 29.8 Å². The molecule has 0 fully saturated rings. The van der Waals surface area contributed by atoms with Crippen LogP contribution in [-0.4, -0.2) is 29.3 Å². The summed E-state index contributed by atoms with van der Waals surface area (Å²) >= 11 is 3.14. The van der Waals surface area contributed by atoms with Crippen molar-refractivity contribution in [3.63, 3.8) is 0 Å². The molecule has 5 nitrogen and oxygen atoms in total. The minimum absolute atomic E-state index is 0. The number of rotatable bonds is 6. The van der Waals surface area contributed by atoms with Crippen molar-refractivity contribution in [3.8, 4) is 0 Å². The molecule has 0 atom stereocenters. The van der Waals surface area contributed by atoms with Gasteiger partial charge in [-0.2, -0.15) is 5.10 Å². The fourth-order valence-corrected chi connectivity index (χ4v) is 2.18. The summed E-state index contributed by atoms with van der Waals surface area (Å²) in [5.41, 5.74) is 0.861. The van der Waals surface area contributed by atoms with E-state index in [0.717, 1.165) is 25.1 Å². The minimum Gasteiger partial charge on any atom is -0.356 e. The summed E-state index contributed by atoms with van der Waals surface area (Å²) in [6.45, 7) is 2.16. The lowest BCUT2D eigenvalue weighted by Crippen LogP contribution is -2.37. The highest BCUT2D eigenvalue weighted by molar-refractivity contribution is 14.0. The highest BCUT2D eigenvalue weighted by Crippen LogP contribution is 2.16. The van der Waals surface area contributed by atoms with Crippen LogP contribution in [0.1, 0.15) is 12.0 Å². The normalized spacial score (nSPS) is 11.0. The summed E-state index contributed by atoms with van der Waals surface area (Å²) in [5, 5.41) is 10.5. The highest BCUT2D eigenvalue weighted by Gasteiger charge is 2.02. The number of aromatic nitrogens is 2. The highest BCUT2D eigenvalue weighted by atomic mass is 127. The summed E-state index contributed by atoms with van der Waals surface area (Å²) < 4.78 is 15.8. The van der Waals surface area contributed by atoms with Crippen LogP contribution < -0.4 is 10.6 Å². The molecule has 0 spiro atoms. The molecule has 0 amide bonds. The first-order valence-electron chi connectivity index (χ1n) is 7.05. The van der Waals surface area contributed by atoms with Crippen LogP contribution in [0.3, 0.4) is 0 Å². The van der Waals surface area contributed by atoms with Gasteiger partial charge in [-0.1, -0.05) is 6.07 Å². The molecule has 2 aromatic rings. The maximum absolute atomic E-state index is 13.4. The number of aliphatic imine (C=N–C) groups is 1. The third-order valence-electron chi connectivity index (χ3n) is 3.08. The number of nitrogens with one attached hydrogen (secondary N) is 2. The van der Waals surface area contributed by atoms with Crippen LogP contribution in [0.25, 0.3) is 0 Å². The molecule has 1 aromatic heterocycles. The van der Waals surface area contributed by atoms with Gasteiger partial charge in [0.05, 0.1) is 4.47 Å². The van der Waals surface area contributed by atoms with Crippen molar-refractivity contribution in [1.82, 2.24) is 20.4 Å². The number of nitrogens with zero attached hydrogens (tertiary/aromatic N) is 3. The van der Waals surface area contributed by atoms with Gasteiger partial charge in [0.15, 0.2) is 5.96 Å². The topological polar surface area (TPSA) is 54.2 Å². The monoisotopic (exact) mass is 495 g/mol. The first-order valence-corrected chi connectivity index (χ1v) is 7.84. The lowest BCUT2D eigenvalue weighted by atomic mass is 10.2. The minimum atomic E-state index is -0.263. The average molecular weight is 496 g/mol. The predicted octanol–water partition coefficient (Wildman–Crippen LogP) is 3.16. The van der Waals surface area contributed by atoms with E-state index in [1.54, 1.807) is 19.3 Å². The van der Waals surface area contributed by atoms with Crippen molar-refractivity contribution in [3.05, 3.63) is 52.5 Å². The van der Waals surface area contributed by atoms with Gasteiger partial charge >= 0.3 is 0 Å². The van der Waals surface area contributed by atoms with Crippen molar-refractivity contribution in [2.45, 2.75) is 19.5 Å². The van der Waals surface area contributed by atoms with Gasteiger partial charge in [0, 0.05) is 39.1 Å². The van der Waals surface area contributed by atoms with E-state index in [1.165, 1.54) is 6.07 Å². The zero-order valence-corrected chi connectivity index (χ0v) is 16.7. The lowest BCUT2D eigenvalue weighted by Gasteiger charge is -2.12. The van der Waals surface area contributed by atoms with Crippen LogP contribution in [-0.2, 0) is 13.1 Å². The Hall–Kier alpha value is -1.16. The second-order valence-corrected chi connectivity index (χ2v) is 5.58. The van der Waals surface area contributed by atoms with Gasteiger partial charge in [-0.25, -0.2) is 4.39 Å². The average Bonchev–Trinajstić information content (AvgIpc) is 3.03. The molecule has 0 radical (unpaired) electrons. The molecule has 0 saturated heterocycles. The number of guanidine groups is 1. The molecule has 2 rings (SSSR count). The summed E-state index contributed by atoms with van der Waals surface area (Å²) in [6.07, 6.45) is 4.65. The van der Waals surface area contributed by atoms with E-state index in [9.17, 15) is 4.39 Å². The Kier molecular flexibility index (Phi) is 9.15. The Morgan fingerprint density at radius 1 is 1.39 bits per heavy atom. The van der Waals surface area contributed by atoms with Gasteiger partial charge in [-0.15, -0.1) is 24.0 Å². The predicted molar refractivity (Wildman–Crippen MR) is 105 cm³/mol. The smallest absolute Gasteiger partial charge is 0.191 e. The third-order valence-corrected chi connectivity index (χ3v) is 3.73. The van der Waals surface area contributed by atoms with E-state index in [0.29, 0.717) is 17.0 Å². The number of hydrogen-bond donors (Lipinski definition) is 2. The van der Waals surface area contributed by atoms with Crippen LogP contribution in [0.4, 0.5) is 4.39 Å². The van der Waals surface area contributed by atoms with Gasteiger partial charge in [0.1, 0.15) is 5.82 Å². The molecule has 23 heavy (non-hydrogen) atoms. The fraction of sp³-hybridized carbons (Fsp3) is 0.333. The second kappa shape index (κ2) is 10.6. The van der Waals surface area contributed by atoms with Gasteiger partial charge < -0.3 is 10.6 Å². The molecule has 1 heterocycles. The fourth-order valence-electron chi connectivity index (χ4n) is 1.94. The van der Waals surface area contributed by atoms with Gasteiger partial charge in [-0.05, 0) is 46.1 Å². The van der Waals surface area contributed by atoms with Crippen molar-refractivity contribution >= 4 is 45.9 Å². The zero-order valence-electron chi connectivity index (χ0n) is 12.8. The molecule has 0 saturated carbocycles. The molecule has 0 bridgehead atoms. The van der Waals surface area contributed by atoms with Gasteiger partial charge in [0.25, 0.3) is 0 Å². The molecule has 8 heteroatoms. The molecule has 126 valence electrons. The van der Waals surface area contributed by atoms with E-state index in [1.807, 2.05) is 23.0 Å². The van der Waals surface area contributed by atoms with Crippen molar-refractivity contribution < 1.29 is 4.39 Å². The third kappa shape index (κ3) is 6.86. The number of hydrogen-bond acceptors (Lipinski definition) is 2. The van der Waals surface area contributed by atoms with Crippen LogP contribution in [0.5, 0.6) is 0 Å². The molecule has 0 aliphatic carbocycles. The van der Waals surface area contributed by atoms with Crippen LogP contribution >= 0.6 is 39.9 Å². The van der Waals surface area contributed by atoms with E-state index in [4.69, 9.17) is 0 Å². The number of halogens is 3. The molecule has 0 aliphatic heterocycles. The summed E-state index contributed by atoms with van der Waals surface area (Å²) in [5.74, 6) is 0.435. The number of aryl methyl sites for hydroxylation is 1. The Morgan fingerprint density at radius 2 is 2.22 bits per heavy atom. The van der Waals surface area contributed by atoms with E-state index in [2.05, 4.69) is 36.7 Å². The second-order valence-electron chi connectivity index (χ2n) is 4.72. The first kappa shape index (κ1) is 19.9. The summed E-state index contributed by atoms with van der Waals surface area (Å²) in [7, 11) is 1.71. The maximum Gasteiger partial charge on any atom is 0.191 e. The Morgan fingerprint density at radius 3 is 2.87 bits per heavy atom. The van der Waals surface area contributed by atoms with Crippen molar-refractivity contribution in [2.75, 3.05) is 13.6 Å². The molecular formula is C15H20BrFIN5. The molecular weight excluding hydrogens is 476 g/mol. The van der Waals surface area contributed by atoms with Crippen molar-refractivity contribution in [2.24, 2.45) is 4.99 Å². The van der Waals surface area contributed by atoms with E-state index >= 15 is 0 Å². The van der Waals surface area contributed by atoms with Crippen LogP contribution in [0.2, 0.25) is 0 Å². The van der Waals surface area contributed by atoms with Crippen molar-refractivity contribution in [1.29, 1.82) is 0 Å². The summed E-state index contributed by atoms with van der Waals surface area (Å²) in [6, 6.07) is 6.98. The largest absolute Gasteiger partial charge is 0.356 e. The van der Waals surface area contributed by atoms with Gasteiger partial charge in [0.2, 0.25) is 0 Å². The molecule has 1 aromatic carbocycles. The molecule has 0 aliphatic rings. The Labute approximate surface area is 160 Å². The Balaban J connectivity index is 0.00000264. The standard InChI is InChI=1S/C15H19BrFN5.HI/c1-18-15(19-6-2-8-22-9-3-7-21-22)20-11-12-4-5-13(16)14(17)10-12;/h3-5,7,9-10H,2,6,8,11H2,1H3,(H2,18,19,20);1H. The quantitative estimate of drug-likeness (QED) is 0.280. The van der Waals surface area contributed by atoms with E-state index < -0.39 is 0 Å². The SMILES string of the molecule is CN=C(NCCCn1cccn1)NCc1ccc(Br)c(F)c1.I. The first-order chi connectivity index (χ1) is 10.7. The van der Waals surface area contributed by atoms with Gasteiger partial charge in [-0.3, -0.25) is 9.67 Å². The maximum atomic E-state index is 13.4. The Bertz CT molecular complexity index is 618. The number of benzene rings is 1. The zero-order chi connectivity index (χ0) is 15.8. The van der Waals surface area contributed by atoms with Crippen LogP contribution in [0.15, 0.2) is 46.1 Å². The molecule has 0 unspecified atom stereocenters. The summed E-state index contributed by atoms with van der Waals surface area (Å²) in [4.78, 5) is 4.15.